The van der Waals surface area contributed by atoms with Crippen molar-refractivity contribution in [2.24, 2.45) is 0 Å². The molecule has 0 aliphatic carbocycles. The van der Waals surface area contributed by atoms with E-state index < -0.39 is 0 Å². The lowest BCUT2D eigenvalue weighted by Crippen LogP contribution is -2.00. The molecule has 0 atom stereocenters. The number of fused-ring (bicyclic) bond motifs is 1. The molecule has 0 saturated heterocycles. The number of thiophene rings is 1. The number of halogens is 1. The summed E-state index contributed by atoms with van der Waals surface area (Å²) in [5, 5.41) is 1.03. The molecule has 0 aliphatic heterocycles. The quantitative estimate of drug-likeness (QED) is 0.731. The Balaban J connectivity index is 2.03. The van der Waals surface area contributed by atoms with E-state index in [0.29, 0.717) is 5.56 Å². The van der Waals surface area contributed by atoms with Gasteiger partial charge in [0.1, 0.15) is 5.82 Å². The third-order valence-corrected chi connectivity index (χ3v) is 5.34. The largest absolute Gasteiger partial charge is 0.465 e. The van der Waals surface area contributed by atoms with Crippen LogP contribution in [-0.2, 0) is 11.2 Å². The van der Waals surface area contributed by atoms with Gasteiger partial charge in [-0.25, -0.2) is 9.78 Å². The number of methoxy groups -OCH3 is 1. The van der Waals surface area contributed by atoms with Gasteiger partial charge in [0.2, 0.25) is 0 Å². The number of carbonyl (C=O) groups is 1. The first-order valence-electron chi connectivity index (χ1n) is 5.96. The van der Waals surface area contributed by atoms with E-state index in [1.54, 1.807) is 23.6 Å². The average Bonchev–Trinajstić information content (AvgIpc) is 3.08. The number of hydrogen-bond acceptors (Lipinski definition) is 4. The van der Waals surface area contributed by atoms with E-state index >= 15 is 0 Å². The number of H-pyrrole nitrogens is 1. The van der Waals surface area contributed by atoms with Crippen LogP contribution in [0.15, 0.2) is 35.1 Å². The lowest BCUT2D eigenvalue weighted by atomic mass is 10.1. The number of ether oxygens (including phenoxy) is 1. The highest BCUT2D eigenvalue weighted by Gasteiger charge is 2.14. The summed E-state index contributed by atoms with van der Waals surface area (Å²) in [5.74, 6) is 0.600. The van der Waals surface area contributed by atoms with Crippen molar-refractivity contribution in [3.63, 3.8) is 0 Å². The highest BCUT2D eigenvalue weighted by atomic mass is 79.9. The Hall–Kier alpha value is -1.66. The molecule has 3 aromatic rings. The number of aromatic amines is 1. The lowest BCUT2D eigenvalue weighted by Gasteiger charge is -1.99. The molecule has 3 rings (SSSR count). The predicted molar refractivity (Wildman–Crippen MR) is 82.3 cm³/mol. The van der Waals surface area contributed by atoms with Crippen LogP contribution < -0.4 is 0 Å². The summed E-state index contributed by atoms with van der Waals surface area (Å²) < 4.78 is 6.90. The molecule has 2 aromatic heterocycles. The van der Waals surface area contributed by atoms with Crippen molar-refractivity contribution in [2.45, 2.75) is 6.42 Å². The van der Waals surface area contributed by atoms with Crippen molar-refractivity contribution in [2.75, 3.05) is 7.11 Å². The van der Waals surface area contributed by atoms with E-state index in [1.807, 2.05) is 18.3 Å². The molecule has 4 nitrogen and oxygen atoms in total. The number of hydrogen-bond donors (Lipinski definition) is 1. The molecule has 0 amide bonds. The minimum atomic E-state index is -0.322. The lowest BCUT2D eigenvalue weighted by molar-refractivity contribution is 0.0601. The summed E-state index contributed by atoms with van der Waals surface area (Å²) in [4.78, 5) is 20.1. The van der Waals surface area contributed by atoms with Gasteiger partial charge in [0.25, 0.3) is 0 Å². The molecule has 102 valence electrons. The van der Waals surface area contributed by atoms with Crippen molar-refractivity contribution < 1.29 is 9.53 Å². The Morgan fingerprint density at radius 1 is 1.50 bits per heavy atom. The van der Waals surface area contributed by atoms with Crippen LogP contribution >= 0.6 is 27.3 Å². The number of rotatable bonds is 3. The maximum Gasteiger partial charge on any atom is 0.337 e. The van der Waals surface area contributed by atoms with Crippen LogP contribution in [0, 0.1) is 0 Å². The fourth-order valence-corrected chi connectivity index (χ4v) is 3.95. The number of nitrogens with one attached hydrogen (secondary N) is 1. The summed E-state index contributed by atoms with van der Waals surface area (Å²) in [6.45, 7) is 0. The molecule has 2 heterocycles. The summed E-state index contributed by atoms with van der Waals surface area (Å²) >= 11 is 5.31. The summed E-state index contributed by atoms with van der Waals surface area (Å²) in [6.07, 6.45) is 4.29. The zero-order chi connectivity index (χ0) is 14.1. The van der Waals surface area contributed by atoms with Crippen LogP contribution in [0.3, 0.4) is 0 Å². The number of carbonyl (C=O) groups excluding carboxylic acids is 1. The SMILES string of the molecule is COC(=O)c1ccc2sc(Cc3ncc[nH]3)c(Br)c2c1. The Bertz CT molecular complexity index is 765. The van der Waals surface area contributed by atoms with E-state index in [-0.39, 0.29) is 5.97 Å². The molecule has 0 fully saturated rings. The van der Waals surface area contributed by atoms with E-state index in [2.05, 4.69) is 25.9 Å². The Morgan fingerprint density at radius 2 is 2.35 bits per heavy atom. The Morgan fingerprint density at radius 3 is 3.05 bits per heavy atom. The van der Waals surface area contributed by atoms with Crippen molar-refractivity contribution in [1.29, 1.82) is 0 Å². The number of benzene rings is 1. The molecule has 0 saturated carbocycles. The molecule has 0 bridgehead atoms. The van der Waals surface area contributed by atoms with Gasteiger partial charge in [-0.15, -0.1) is 11.3 Å². The molecule has 20 heavy (non-hydrogen) atoms. The first-order chi connectivity index (χ1) is 9.69. The fraction of sp³-hybridized carbons (Fsp3) is 0.143. The predicted octanol–water partition coefficient (Wildman–Crippen LogP) is 3.76. The van der Waals surface area contributed by atoms with Crippen molar-refractivity contribution in [1.82, 2.24) is 9.97 Å². The number of aromatic nitrogens is 2. The average molecular weight is 351 g/mol. The van der Waals surface area contributed by atoms with E-state index in [9.17, 15) is 4.79 Å². The smallest absolute Gasteiger partial charge is 0.337 e. The number of nitrogens with zero attached hydrogens (tertiary/aromatic N) is 1. The first kappa shape index (κ1) is 13.3. The normalized spacial score (nSPS) is 10.9. The second-order valence-corrected chi connectivity index (χ2v) is 6.18. The van der Waals surface area contributed by atoms with Crippen LogP contribution in [0.2, 0.25) is 0 Å². The van der Waals surface area contributed by atoms with Gasteiger partial charge in [-0.3, -0.25) is 0 Å². The molecule has 1 N–H and O–H groups in total. The molecule has 0 unspecified atom stereocenters. The zero-order valence-corrected chi connectivity index (χ0v) is 13.0. The van der Waals surface area contributed by atoms with Gasteiger partial charge in [0, 0.05) is 38.3 Å². The number of esters is 1. The minimum Gasteiger partial charge on any atom is -0.465 e. The van der Waals surface area contributed by atoms with Gasteiger partial charge in [0.15, 0.2) is 0 Å². The van der Waals surface area contributed by atoms with Crippen molar-refractivity contribution in [3.8, 4) is 0 Å². The van der Waals surface area contributed by atoms with Gasteiger partial charge in [0.05, 0.1) is 12.7 Å². The highest BCUT2D eigenvalue weighted by molar-refractivity contribution is 9.10. The number of imidazole rings is 1. The third kappa shape index (κ3) is 2.36. The van der Waals surface area contributed by atoms with Crippen LogP contribution in [0.1, 0.15) is 21.1 Å². The van der Waals surface area contributed by atoms with E-state index in [1.165, 1.54) is 12.0 Å². The van der Waals surface area contributed by atoms with E-state index in [4.69, 9.17) is 4.74 Å². The maximum atomic E-state index is 11.6. The molecular formula is C14H11BrN2O2S. The molecule has 6 heteroatoms. The maximum absolute atomic E-state index is 11.6. The minimum absolute atomic E-state index is 0.322. The standard InChI is InChI=1S/C14H11BrN2O2S/c1-19-14(18)8-2-3-10-9(6-8)13(15)11(20-10)7-12-16-4-5-17-12/h2-6H,7H2,1H3,(H,16,17). The van der Waals surface area contributed by atoms with Gasteiger partial charge in [-0.05, 0) is 34.1 Å². The van der Waals surface area contributed by atoms with Crippen LogP contribution in [0.25, 0.3) is 10.1 Å². The first-order valence-corrected chi connectivity index (χ1v) is 7.57. The van der Waals surface area contributed by atoms with Crippen molar-refractivity contribution >= 4 is 43.3 Å². The van der Waals surface area contributed by atoms with Gasteiger partial charge < -0.3 is 9.72 Å². The molecule has 0 aliphatic rings. The summed E-state index contributed by atoms with van der Waals surface area (Å²) in [6, 6.07) is 5.59. The summed E-state index contributed by atoms with van der Waals surface area (Å²) in [7, 11) is 1.39. The molecule has 1 aromatic carbocycles. The molecule has 0 radical (unpaired) electrons. The van der Waals surface area contributed by atoms with E-state index in [0.717, 1.165) is 26.8 Å². The van der Waals surface area contributed by atoms with Crippen molar-refractivity contribution in [3.05, 3.63) is 51.3 Å². The topological polar surface area (TPSA) is 55.0 Å². The Labute approximate surface area is 127 Å². The molecule has 0 spiro atoms. The van der Waals surface area contributed by atoms with Crippen LogP contribution in [0.5, 0.6) is 0 Å². The third-order valence-electron chi connectivity index (χ3n) is 3.00. The van der Waals surface area contributed by atoms with Gasteiger partial charge >= 0.3 is 5.97 Å². The zero-order valence-electron chi connectivity index (χ0n) is 10.6. The summed E-state index contributed by atoms with van der Waals surface area (Å²) in [5.41, 5.74) is 0.558. The highest BCUT2D eigenvalue weighted by Crippen LogP contribution is 2.37. The second-order valence-electron chi connectivity index (χ2n) is 4.25. The monoisotopic (exact) mass is 350 g/mol. The van der Waals surface area contributed by atoms with Gasteiger partial charge in [-0.2, -0.15) is 0 Å². The van der Waals surface area contributed by atoms with Crippen LogP contribution in [-0.4, -0.2) is 23.0 Å². The molecular weight excluding hydrogens is 340 g/mol. The second kappa shape index (κ2) is 5.38. The fourth-order valence-electron chi connectivity index (χ4n) is 2.02. The van der Waals surface area contributed by atoms with Crippen LogP contribution in [0.4, 0.5) is 0 Å². The Kier molecular flexibility index (Phi) is 3.58. The van der Waals surface area contributed by atoms with Gasteiger partial charge in [-0.1, -0.05) is 0 Å².